The van der Waals surface area contributed by atoms with E-state index in [2.05, 4.69) is 15.8 Å². The highest BCUT2D eigenvalue weighted by Gasteiger charge is 2.09. The van der Waals surface area contributed by atoms with Crippen molar-refractivity contribution in [2.75, 3.05) is 18.5 Å². The van der Waals surface area contributed by atoms with Crippen molar-refractivity contribution in [2.45, 2.75) is 33.3 Å². The normalized spacial score (nSPS) is 10.7. The van der Waals surface area contributed by atoms with Crippen molar-refractivity contribution in [3.05, 3.63) is 82.9 Å². The molecule has 0 unspecified atom stereocenters. The topological polar surface area (TPSA) is 98.2 Å². The minimum atomic E-state index is -0.372. The predicted octanol–water partition coefficient (Wildman–Crippen LogP) is 5.59. The Balaban J connectivity index is 1.47. The third kappa shape index (κ3) is 9.16. The molecule has 0 saturated heterocycles. The van der Waals surface area contributed by atoms with E-state index >= 15 is 0 Å². The van der Waals surface area contributed by atoms with Gasteiger partial charge in [-0.05, 0) is 67.9 Å². The number of carbonyl (C=O) groups is 2. The van der Waals surface area contributed by atoms with Crippen molar-refractivity contribution < 1.29 is 23.8 Å². The summed E-state index contributed by atoms with van der Waals surface area (Å²) in [6, 6.07) is 19.9. The van der Waals surface area contributed by atoms with Gasteiger partial charge in [-0.2, -0.15) is 5.10 Å². The zero-order chi connectivity index (χ0) is 26.5. The summed E-state index contributed by atoms with van der Waals surface area (Å²) in [5, 5.41) is 7.37. The fraction of sp³-hybridized carbons (Fsp3) is 0.250. The standard InChI is InChI=1S/C28H30ClN3O5/c1-3-35-23-12-10-22(11-13-23)31-27(33)15-16-28(34)32-30-18-20-9-14-25(26(17-20)36-4-2)37-19-21-7-5-6-8-24(21)29/h5-14,17-18H,3-4,15-16,19H2,1-2H3,(H,31,33)(H,32,34). The number of benzene rings is 3. The maximum atomic E-state index is 12.1. The van der Waals surface area contributed by atoms with Crippen LogP contribution >= 0.6 is 11.6 Å². The summed E-state index contributed by atoms with van der Waals surface area (Å²) in [4.78, 5) is 24.2. The molecule has 3 rings (SSSR count). The quantitative estimate of drug-likeness (QED) is 0.225. The Morgan fingerprint density at radius 3 is 2.32 bits per heavy atom. The number of hydrazone groups is 1. The summed E-state index contributed by atoms with van der Waals surface area (Å²) in [7, 11) is 0. The van der Waals surface area contributed by atoms with Gasteiger partial charge in [0.25, 0.3) is 0 Å². The monoisotopic (exact) mass is 523 g/mol. The molecule has 2 N–H and O–H groups in total. The van der Waals surface area contributed by atoms with Crippen LogP contribution in [0.2, 0.25) is 5.02 Å². The molecule has 0 atom stereocenters. The largest absolute Gasteiger partial charge is 0.494 e. The number of halogens is 1. The molecule has 37 heavy (non-hydrogen) atoms. The molecular weight excluding hydrogens is 494 g/mol. The molecule has 0 aliphatic rings. The molecule has 0 fully saturated rings. The zero-order valence-electron chi connectivity index (χ0n) is 20.8. The average Bonchev–Trinajstić information content (AvgIpc) is 2.89. The van der Waals surface area contributed by atoms with Crippen LogP contribution in [0.5, 0.6) is 17.2 Å². The van der Waals surface area contributed by atoms with E-state index in [-0.39, 0.29) is 24.7 Å². The van der Waals surface area contributed by atoms with Crippen molar-refractivity contribution >= 4 is 35.3 Å². The van der Waals surface area contributed by atoms with Crippen LogP contribution in [0, 0.1) is 0 Å². The van der Waals surface area contributed by atoms with E-state index in [0.717, 1.165) is 11.3 Å². The van der Waals surface area contributed by atoms with E-state index in [1.165, 1.54) is 6.21 Å². The summed E-state index contributed by atoms with van der Waals surface area (Å²) in [6.07, 6.45) is 1.53. The smallest absolute Gasteiger partial charge is 0.240 e. The second-order valence-electron chi connectivity index (χ2n) is 7.82. The van der Waals surface area contributed by atoms with Gasteiger partial charge in [-0.25, -0.2) is 5.43 Å². The van der Waals surface area contributed by atoms with Crippen LogP contribution in [-0.4, -0.2) is 31.2 Å². The first-order valence-electron chi connectivity index (χ1n) is 12.0. The minimum Gasteiger partial charge on any atom is -0.494 e. The third-order valence-corrected chi connectivity index (χ3v) is 5.41. The van der Waals surface area contributed by atoms with Crippen LogP contribution in [0.1, 0.15) is 37.8 Å². The number of hydrogen-bond donors (Lipinski definition) is 2. The van der Waals surface area contributed by atoms with E-state index in [1.54, 1.807) is 42.5 Å². The molecule has 0 spiro atoms. The first-order chi connectivity index (χ1) is 18.0. The van der Waals surface area contributed by atoms with Crippen molar-refractivity contribution in [3.8, 4) is 17.2 Å². The van der Waals surface area contributed by atoms with Gasteiger partial charge in [-0.3, -0.25) is 9.59 Å². The lowest BCUT2D eigenvalue weighted by Crippen LogP contribution is -2.20. The average molecular weight is 524 g/mol. The fourth-order valence-electron chi connectivity index (χ4n) is 3.25. The maximum absolute atomic E-state index is 12.1. The van der Waals surface area contributed by atoms with Gasteiger partial charge in [0, 0.05) is 29.1 Å². The zero-order valence-corrected chi connectivity index (χ0v) is 21.6. The Morgan fingerprint density at radius 2 is 1.59 bits per heavy atom. The number of ether oxygens (including phenoxy) is 3. The van der Waals surface area contributed by atoms with Crippen LogP contribution in [-0.2, 0) is 16.2 Å². The predicted molar refractivity (Wildman–Crippen MR) is 145 cm³/mol. The molecule has 0 aliphatic heterocycles. The Kier molecular flexibility index (Phi) is 10.8. The van der Waals surface area contributed by atoms with Gasteiger partial charge in [0.2, 0.25) is 11.8 Å². The number of nitrogens with zero attached hydrogens (tertiary/aromatic N) is 1. The van der Waals surface area contributed by atoms with Crippen molar-refractivity contribution in [1.82, 2.24) is 5.43 Å². The number of nitrogens with one attached hydrogen (secondary N) is 2. The number of anilines is 1. The van der Waals surface area contributed by atoms with Crippen molar-refractivity contribution in [1.29, 1.82) is 0 Å². The lowest BCUT2D eigenvalue weighted by molar-refractivity contribution is -0.124. The summed E-state index contributed by atoms with van der Waals surface area (Å²) in [6.45, 7) is 5.11. The molecule has 0 aromatic heterocycles. The molecule has 2 amide bonds. The lowest BCUT2D eigenvalue weighted by Gasteiger charge is -2.13. The lowest BCUT2D eigenvalue weighted by atomic mass is 10.2. The maximum Gasteiger partial charge on any atom is 0.240 e. The van der Waals surface area contributed by atoms with E-state index in [1.807, 2.05) is 38.1 Å². The van der Waals surface area contributed by atoms with Gasteiger partial charge in [-0.15, -0.1) is 0 Å². The van der Waals surface area contributed by atoms with Crippen molar-refractivity contribution in [3.63, 3.8) is 0 Å². The molecule has 8 nitrogen and oxygen atoms in total. The molecule has 0 bridgehead atoms. The van der Waals surface area contributed by atoms with E-state index in [4.69, 9.17) is 25.8 Å². The Labute approximate surface area is 221 Å². The van der Waals surface area contributed by atoms with Crippen LogP contribution in [0.4, 0.5) is 5.69 Å². The fourth-order valence-corrected chi connectivity index (χ4v) is 3.44. The second kappa shape index (κ2) is 14.5. The van der Waals surface area contributed by atoms with Gasteiger partial charge in [0.15, 0.2) is 11.5 Å². The molecule has 3 aromatic carbocycles. The van der Waals surface area contributed by atoms with Crippen LogP contribution < -0.4 is 25.0 Å². The molecular formula is C28H30ClN3O5. The van der Waals surface area contributed by atoms with Gasteiger partial charge in [-0.1, -0.05) is 29.8 Å². The summed E-state index contributed by atoms with van der Waals surface area (Å²) < 4.78 is 17.0. The number of carbonyl (C=O) groups excluding carboxylic acids is 2. The Hall–Kier alpha value is -4.04. The number of amides is 2. The molecule has 0 aliphatic carbocycles. The SMILES string of the molecule is CCOc1ccc(NC(=O)CCC(=O)NN=Cc2ccc(OCc3ccccc3Cl)c(OCC)c2)cc1. The van der Waals surface area contributed by atoms with Crippen LogP contribution in [0.15, 0.2) is 71.8 Å². The van der Waals surface area contributed by atoms with Gasteiger partial charge in [0.05, 0.1) is 19.4 Å². The summed E-state index contributed by atoms with van der Waals surface area (Å²) >= 11 is 6.20. The molecule has 9 heteroatoms. The third-order valence-electron chi connectivity index (χ3n) is 5.04. The first kappa shape index (κ1) is 27.5. The Morgan fingerprint density at radius 1 is 0.865 bits per heavy atom. The van der Waals surface area contributed by atoms with E-state index < -0.39 is 0 Å². The summed E-state index contributed by atoms with van der Waals surface area (Å²) in [5.41, 5.74) is 4.65. The minimum absolute atomic E-state index is 0.000772. The van der Waals surface area contributed by atoms with E-state index in [0.29, 0.717) is 47.6 Å². The molecule has 0 saturated carbocycles. The van der Waals surface area contributed by atoms with Gasteiger partial charge >= 0.3 is 0 Å². The number of rotatable bonds is 13. The van der Waals surface area contributed by atoms with Crippen LogP contribution in [0.25, 0.3) is 0 Å². The molecule has 194 valence electrons. The summed E-state index contributed by atoms with van der Waals surface area (Å²) in [5.74, 6) is 1.21. The first-order valence-corrected chi connectivity index (χ1v) is 12.3. The molecule has 0 radical (unpaired) electrons. The van der Waals surface area contributed by atoms with Gasteiger partial charge in [0.1, 0.15) is 12.4 Å². The van der Waals surface area contributed by atoms with Crippen molar-refractivity contribution in [2.24, 2.45) is 5.10 Å². The highest BCUT2D eigenvalue weighted by Crippen LogP contribution is 2.29. The molecule has 0 heterocycles. The number of hydrogen-bond acceptors (Lipinski definition) is 6. The Bertz CT molecular complexity index is 1210. The van der Waals surface area contributed by atoms with E-state index in [9.17, 15) is 9.59 Å². The molecule has 3 aromatic rings. The van der Waals surface area contributed by atoms with Gasteiger partial charge < -0.3 is 19.5 Å². The highest BCUT2D eigenvalue weighted by molar-refractivity contribution is 6.31. The van der Waals surface area contributed by atoms with Crippen LogP contribution in [0.3, 0.4) is 0 Å². The second-order valence-corrected chi connectivity index (χ2v) is 8.23. The highest BCUT2D eigenvalue weighted by atomic mass is 35.5.